The molecule has 1 aromatic carbocycles. The zero-order valence-electron chi connectivity index (χ0n) is 14.9. The van der Waals surface area contributed by atoms with Crippen LogP contribution in [0.25, 0.3) is 0 Å². The van der Waals surface area contributed by atoms with Crippen molar-refractivity contribution in [2.75, 3.05) is 18.5 Å². The summed E-state index contributed by atoms with van der Waals surface area (Å²) in [5.41, 5.74) is 0.632. The first-order valence-corrected chi connectivity index (χ1v) is 8.87. The Labute approximate surface area is 156 Å². The van der Waals surface area contributed by atoms with Gasteiger partial charge in [-0.05, 0) is 49.8 Å². The molecular weight excluding hydrogens is 354 g/mol. The number of nitrogens with zero attached hydrogens (tertiary/aromatic N) is 2. The van der Waals surface area contributed by atoms with E-state index in [0.717, 1.165) is 18.7 Å². The van der Waals surface area contributed by atoms with Crippen molar-refractivity contribution in [2.24, 2.45) is 0 Å². The van der Waals surface area contributed by atoms with Gasteiger partial charge in [0.05, 0.1) is 0 Å². The highest BCUT2D eigenvalue weighted by molar-refractivity contribution is 7.71. The minimum absolute atomic E-state index is 0.0432. The van der Waals surface area contributed by atoms with E-state index in [0.29, 0.717) is 22.8 Å². The molecule has 3 N–H and O–H groups in total. The van der Waals surface area contributed by atoms with Gasteiger partial charge in [0.2, 0.25) is 5.91 Å². The maximum atomic E-state index is 12.3. The number of anilines is 1. The summed E-state index contributed by atoms with van der Waals surface area (Å²) in [7, 11) is 0. The summed E-state index contributed by atoms with van der Waals surface area (Å²) in [4.78, 5) is 23.6. The summed E-state index contributed by atoms with van der Waals surface area (Å²) >= 11 is 5.17. The number of carbonyl (C=O) groups excluding carboxylic acids is 2. The van der Waals surface area contributed by atoms with E-state index < -0.39 is 0 Å². The number of aryl methyl sites for hydroxylation is 1. The van der Waals surface area contributed by atoms with Crippen LogP contribution in [0.3, 0.4) is 0 Å². The van der Waals surface area contributed by atoms with Crippen molar-refractivity contribution in [2.45, 2.75) is 33.2 Å². The van der Waals surface area contributed by atoms with Crippen LogP contribution in [0, 0.1) is 4.77 Å². The van der Waals surface area contributed by atoms with Crippen molar-refractivity contribution in [3.05, 3.63) is 34.9 Å². The SMILES string of the molecule is CCCc1n[nH]c(=S)n1CC(=O)Nc1ccc(OCC(=O)NCC)cc1. The Morgan fingerprint density at radius 2 is 1.96 bits per heavy atom. The highest BCUT2D eigenvalue weighted by Gasteiger charge is 2.10. The Bertz CT molecular complexity index is 797. The first-order chi connectivity index (χ1) is 12.5. The van der Waals surface area contributed by atoms with Crippen molar-refractivity contribution < 1.29 is 14.3 Å². The molecule has 2 aromatic rings. The predicted octanol–water partition coefficient (Wildman–Crippen LogP) is 2.05. The molecule has 0 fully saturated rings. The van der Waals surface area contributed by atoms with Crippen molar-refractivity contribution in [1.82, 2.24) is 20.1 Å². The third kappa shape index (κ3) is 5.69. The Morgan fingerprint density at radius 3 is 2.62 bits per heavy atom. The summed E-state index contributed by atoms with van der Waals surface area (Å²) in [6.07, 6.45) is 1.66. The molecule has 0 unspecified atom stereocenters. The van der Waals surface area contributed by atoms with Crippen LogP contribution in [-0.4, -0.2) is 39.7 Å². The maximum absolute atomic E-state index is 12.3. The highest BCUT2D eigenvalue weighted by Crippen LogP contribution is 2.16. The molecule has 9 heteroatoms. The molecule has 0 aliphatic rings. The van der Waals surface area contributed by atoms with Gasteiger partial charge in [-0.2, -0.15) is 5.10 Å². The minimum Gasteiger partial charge on any atom is -0.484 e. The van der Waals surface area contributed by atoms with Gasteiger partial charge in [-0.15, -0.1) is 0 Å². The van der Waals surface area contributed by atoms with Crippen LogP contribution in [0.1, 0.15) is 26.1 Å². The van der Waals surface area contributed by atoms with Gasteiger partial charge in [0.25, 0.3) is 5.91 Å². The van der Waals surface area contributed by atoms with Gasteiger partial charge in [0.15, 0.2) is 11.4 Å². The molecule has 8 nitrogen and oxygen atoms in total. The Morgan fingerprint density at radius 1 is 1.23 bits per heavy atom. The van der Waals surface area contributed by atoms with Crippen LogP contribution in [-0.2, 0) is 22.6 Å². The van der Waals surface area contributed by atoms with E-state index in [-0.39, 0.29) is 25.0 Å². The standard InChI is InChI=1S/C17H23N5O3S/c1-3-5-14-20-21-17(26)22(14)10-15(23)19-12-6-8-13(9-7-12)25-11-16(24)18-4-2/h6-9H,3-5,10-11H2,1-2H3,(H,18,24)(H,19,23)(H,21,26). The lowest BCUT2D eigenvalue weighted by Crippen LogP contribution is -2.28. The zero-order valence-corrected chi connectivity index (χ0v) is 15.7. The number of ether oxygens (including phenoxy) is 1. The average Bonchev–Trinajstić information content (AvgIpc) is 2.95. The van der Waals surface area contributed by atoms with E-state index in [1.165, 1.54) is 0 Å². The van der Waals surface area contributed by atoms with Crippen molar-refractivity contribution >= 4 is 29.7 Å². The molecule has 0 bridgehead atoms. The summed E-state index contributed by atoms with van der Waals surface area (Å²) in [5, 5.41) is 12.3. The fraction of sp³-hybridized carbons (Fsp3) is 0.412. The number of hydrogen-bond donors (Lipinski definition) is 3. The molecule has 0 aliphatic carbocycles. The Hall–Kier alpha value is -2.68. The lowest BCUT2D eigenvalue weighted by molar-refractivity contribution is -0.123. The number of amides is 2. The molecular formula is C17H23N5O3S. The first-order valence-electron chi connectivity index (χ1n) is 8.47. The molecule has 140 valence electrons. The number of aromatic amines is 1. The average molecular weight is 377 g/mol. The normalized spacial score (nSPS) is 10.4. The van der Waals surface area contributed by atoms with E-state index in [9.17, 15) is 9.59 Å². The lowest BCUT2D eigenvalue weighted by atomic mass is 10.3. The molecule has 26 heavy (non-hydrogen) atoms. The second-order valence-corrected chi connectivity index (χ2v) is 5.98. The topological polar surface area (TPSA) is 101 Å². The molecule has 0 aliphatic heterocycles. The highest BCUT2D eigenvalue weighted by atomic mass is 32.1. The molecule has 1 heterocycles. The summed E-state index contributed by atoms with van der Waals surface area (Å²) < 4.78 is 7.49. The van der Waals surface area contributed by atoms with Gasteiger partial charge in [0.1, 0.15) is 18.1 Å². The number of rotatable bonds is 9. The van der Waals surface area contributed by atoms with Crippen molar-refractivity contribution in [3.8, 4) is 5.75 Å². The van der Waals surface area contributed by atoms with E-state index >= 15 is 0 Å². The predicted molar refractivity (Wildman–Crippen MR) is 101 cm³/mol. The smallest absolute Gasteiger partial charge is 0.257 e. The van der Waals surface area contributed by atoms with Gasteiger partial charge in [-0.25, -0.2) is 0 Å². The second-order valence-electron chi connectivity index (χ2n) is 5.60. The number of likely N-dealkylation sites (N-methyl/N-ethyl adjacent to an activating group) is 1. The Balaban J connectivity index is 1.90. The summed E-state index contributed by atoms with van der Waals surface area (Å²) in [6, 6.07) is 6.82. The van der Waals surface area contributed by atoms with Crippen LogP contribution < -0.4 is 15.4 Å². The third-order valence-corrected chi connectivity index (χ3v) is 3.81. The minimum atomic E-state index is -0.198. The molecule has 0 radical (unpaired) electrons. The monoisotopic (exact) mass is 377 g/mol. The lowest BCUT2D eigenvalue weighted by Gasteiger charge is -2.09. The number of aromatic nitrogens is 3. The number of H-pyrrole nitrogens is 1. The quantitative estimate of drug-likeness (QED) is 0.581. The number of benzene rings is 1. The molecule has 2 rings (SSSR count). The van der Waals surface area contributed by atoms with E-state index in [1.54, 1.807) is 28.8 Å². The molecule has 0 saturated heterocycles. The van der Waals surface area contributed by atoms with E-state index in [4.69, 9.17) is 17.0 Å². The van der Waals surface area contributed by atoms with Gasteiger partial charge in [-0.3, -0.25) is 19.3 Å². The van der Waals surface area contributed by atoms with E-state index in [2.05, 4.69) is 20.8 Å². The number of carbonyl (C=O) groups is 2. The van der Waals surface area contributed by atoms with Gasteiger partial charge in [0, 0.05) is 18.7 Å². The van der Waals surface area contributed by atoms with Crippen LogP contribution in [0.5, 0.6) is 5.75 Å². The fourth-order valence-electron chi connectivity index (χ4n) is 2.30. The van der Waals surface area contributed by atoms with Crippen LogP contribution >= 0.6 is 12.2 Å². The van der Waals surface area contributed by atoms with Gasteiger partial charge < -0.3 is 15.4 Å². The Kier molecular flexibility index (Phi) is 7.34. The third-order valence-electron chi connectivity index (χ3n) is 3.49. The molecule has 2 amide bonds. The molecule has 1 aromatic heterocycles. The van der Waals surface area contributed by atoms with E-state index in [1.807, 2.05) is 13.8 Å². The van der Waals surface area contributed by atoms with Crippen LogP contribution in [0.15, 0.2) is 24.3 Å². The maximum Gasteiger partial charge on any atom is 0.257 e. The number of hydrogen-bond acceptors (Lipinski definition) is 5. The van der Waals surface area contributed by atoms with Crippen LogP contribution in [0.4, 0.5) is 5.69 Å². The second kappa shape index (κ2) is 9.71. The van der Waals surface area contributed by atoms with Crippen molar-refractivity contribution in [3.63, 3.8) is 0 Å². The van der Waals surface area contributed by atoms with Gasteiger partial charge in [-0.1, -0.05) is 6.92 Å². The van der Waals surface area contributed by atoms with Crippen molar-refractivity contribution in [1.29, 1.82) is 0 Å². The first kappa shape index (κ1) is 19.6. The zero-order chi connectivity index (χ0) is 18.9. The fourth-order valence-corrected chi connectivity index (χ4v) is 2.52. The summed E-state index contributed by atoms with van der Waals surface area (Å²) in [6.45, 7) is 4.50. The molecule has 0 spiro atoms. The molecule has 0 saturated carbocycles. The number of nitrogens with one attached hydrogen (secondary N) is 3. The summed E-state index contributed by atoms with van der Waals surface area (Å²) in [5.74, 6) is 0.943. The largest absolute Gasteiger partial charge is 0.484 e. The molecule has 0 atom stereocenters. The van der Waals surface area contributed by atoms with Crippen LogP contribution in [0.2, 0.25) is 0 Å². The van der Waals surface area contributed by atoms with Gasteiger partial charge >= 0.3 is 0 Å².